The third kappa shape index (κ3) is 14.0. The molecular weight excluding hydrogens is 1270 g/mol. The van der Waals surface area contributed by atoms with Crippen LogP contribution in [0.5, 0.6) is 0 Å². The van der Waals surface area contributed by atoms with E-state index in [0.29, 0.717) is 61.2 Å². The summed E-state index contributed by atoms with van der Waals surface area (Å²) in [6.45, 7) is 8.92. The van der Waals surface area contributed by atoms with Gasteiger partial charge in [-0.2, -0.15) is 4.31 Å². The normalized spacial score (nSPS) is 16.4. The van der Waals surface area contributed by atoms with E-state index in [1.165, 1.54) is 40.7 Å². The summed E-state index contributed by atoms with van der Waals surface area (Å²) in [5, 5.41) is 36.5. The molecule has 1 saturated carbocycles. The molecule has 506 valence electrons. The number of sulfonamides is 1. The average molecular weight is 1350 g/mol. The Morgan fingerprint density at radius 1 is 0.480 bits per heavy atom. The van der Waals surface area contributed by atoms with Gasteiger partial charge in [-0.1, -0.05) is 78.4 Å². The molecule has 3 fully saturated rings. The van der Waals surface area contributed by atoms with E-state index in [9.17, 15) is 60.9 Å². The third-order valence-corrected chi connectivity index (χ3v) is 21.8. The molecule has 3 aliphatic rings. The molecule has 2 aliphatic heterocycles. The molecule has 21 heteroatoms. The first-order chi connectivity index (χ1) is 47.0. The van der Waals surface area contributed by atoms with Crippen LogP contribution < -0.4 is 5.32 Å². The number of aromatic nitrogens is 4. The Hall–Kier alpha value is -10.1. The Kier molecular flexibility index (Phi) is 19.7. The van der Waals surface area contributed by atoms with Crippen molar-refractivity contribution in [3.63, 3.8) is 0 Å². The zero-order chi connectivity index (χ0) is 69.3. The molecule has 0 unspecified atom stereocenters. The van der Waals surface area contributed by atoms with Crippen LogP contribution in [0.25, 0.3) is 54.4 Å². The molecule has 1 aliphatic carbocycles. The van der Waals surface area contributed by atoms with Crippen LogP contribution in [0.2, 0.25) is 0 Å². The second kappa shape index (κ2) is 28.5. The van der Waals surface area contributed by atoms with Gasteiger partial charge in [0.15, 0.2) is 0 Å². The van der Waals surface area contributed by atoms with Crippen LogP contribution >= 0.6 is 0 Å². The van der Waals surface area contributed by atoms with E-state index >= 15 is 0 Å². The second-order valence-corrected chi connectivity index (χ2v) is 27.9. The summed E-state index contributed by atoms with van der Waals surface area (Å²) >= 11 is 0. The second-order valence-electron chi connectivity index (χ2n) is 25.9. The predicted octanol–water partition coefficient (Wildman–Crippen LogP) is 14.6. The first kappa shape index (κ1) is 67.8. The zero-order valence-corrected chi connectivity index (χ0v) is 55.7. The van der Waals surface area contributed by atoms with Gasteiger partial charge in [0, 0.05) is 93.0 Å². The number of fused-ring (bicyclic) bond motifs is 5. The number of nitrogens with zero attached hydrogens (tertiary/aromatic N) is 6. The van der Waals surface area contributed by atoms with Crippen molar-refractivity contribution in [3.05, 3.63) is 226 Å². The molecule has 17 nitrogen and oxygen atoms in total. The van der Waals surface area contributed by atoms with Crippen LogP contribution in [0, 0.1) is 45.1 Å². The average Bonchev–Trinajstić information content (AvgIpc) is 1.60. The lowest BCUT2D eigenvalue weighted by atomic mass is 9.80. The number of aryl methyl sites for hydroxylation is 1. The molecule has 0 atom stereocenters. The van der Waals surface area contributed by atoms with Gasteiger partial charge in [-0.15, -0.1) is 0 Å². The van der Waals surface area contributed by atoms with Crippen molar-refractivity contribution in [2.24, 2.45) is 0 Å². The molecule has 14 rings (SSSR count). The van der Waals surface area contributed by atoms with Gasteiger partial charge < -0.3 is 39.2 Å². The maximum absolute atomic E-state index is 14.1. The number of piperidine rings is 2. The van der Waals surface area contributed by atoms with Crippen molar-refractivity contribution in [3.8, 4) is 0 Å². The predicted molar refractivity (Wildman–Crippen MR) is 371 cm³/mol. The van der Waals surface area contributed by atoms with Crippen LogP contribution in [0.15, 0.2) is 163 Å². The Balaban J connectivity index is 0.000000140. The number of hydrogen-bond acceptors (Lipinski definition) is 8. The Bertz CT molecular complexity index is 5020. The molecule has 0 radical (unpaired) electrons. The first-order valence-electron chi connectivity index (χ1n) is 33.0. The molecule has 2 saturated heterocycles. The minimum Gasteiger partial charge on any atom is -0.480 e. The number of aliphatic carboxylic acids is 3. The van der Waals surface area contributed by atoms with Crippen LogP contribution in [-0.2, 0) is 44.0 Å². The van der Waals surface area contributed by atoms with Gasteiger partial charge in [0.1, 0.15) is 42.8 Å². The number of halogens is 3. The number of carbonyl (C=O) groups excluding carboxylic acids is 2. The summed E-state index contributed by atoms with van der Waals surface area (Å²) in [6.07, 6.45) is 5.98. The van der Waals surface area contributed by atoms with Crippen LogP contribution in [0.3, 0.4) is 0 Å². The van der Waals surface area contributed by atoms with E-state index in [1.54, 1.807) is 62.2 Å². The number of pyridine rings is 1. The van der Waals surface area contributed by atoms with Gasteiger partial charge in [0.25, 0.3) is 11.8 Å². The third-order valence-electron chi connectivity index (χ3n) is 19.9. The van der Waals surface area contributed by atoms with Gasteiger partial charge in [0.05, 0.1) is 10.4 Å². The highest BCUT2D eigenvalue weighted by Gasteiger charge is 2.35. The van der Waals surface area contributed by atoms with Crippen molar-refractivity contribution >= 4 is 94.1 Å². The van der Waals surface area contributed by atoms with E-state index in [4.69, 9.17) is 0 Å². The smallest absolute Gasteiger partial charge is 0.323 e. The molecule has 0 bridgehead atoms. The number of para-hydroxylation sites is 1. The Morgan fingerprint density at radius 2 is 0.918 bits per heavy atom. The van der Waals surface area contributed by atoms with Crippen LogP contribution in [-0.4, -0.2) is 114 Å². The van der Waals surface area contributed by atoms with Crippen molar-refractivity contribution in [2.75, 3.05) is 26.2 Å². The topological polar surface area (TPSA) is 226 Å². The fourth-order valence-corrected chi connectivity index (χ4v) is 16.6. The fraction of sp³-hybridized carbons (Fsp3) is 0.299. The summed E-state index contributed by atoms with van der Waals surface area (Å²) in [6, 6.07) is 45.4. The van der Waals surface area contributed by atoms with Crippen molar-refractivity contribution < 1.29 is 60.9 Å². The van der Waals surface area contributed by atoms with Gasteiger partial charge in [0.2, 0.25) is 10.0 Å². The zero-order valence-electron chi connectivity index (χ0n) is 54.9. The minimum absolute atomic E-state index is 0.0313. The molecule has 11 aromatic rings. The molecular formula is C77H76F3N7O10S. The maximum Gasteiger partial charge on any atom is 0.323 e. The summed E-state index contributed by atoms with van der Waals surface area (Å²) < 4.78 is 74.9. The lowest BCUT2D eigenvalue weighted by Crippen LogP contribution is -2.38. The van der Waals surface area contributed by atoms with Crippen molar-refractivity contribution in [1.29, 1.82) is 0 Å². The van der Waals surface area contributed by atoms with E-state index in [0.717, 1.165) is 121 Å². The molecule has 4 N–H and O–H groups in total. The standard InChI is InChI=1S/C28H27FN2O3.C26H24FN3O3.C23H25FN2O4S/c1-17-27(24-15-20(29)11-14-25(24)31(17)16-26(32)33)19-9-12-21(13-10-19)30-28(34)23-8-4-6-18-5-2-3-7-22(18)23;1-16-25(20-14-19(27)7-9-23(20)30(16)15-24(31)32)18-10-12-29(13-11-18)26(33)22-8-6-17-4-2-3-5-21(17)28-22;1-15-3-6-19(7-4-15)31(29,30)25-11-9-17(10-12-25)23-16(2)26(14-22(27)28)21-8-5-18(24)13-20(21)23/h2-8,11,14-15,19,21H,9-10,12-13,16H2,1H3,(H,30,34)(H,32,33);2-9,14,18H,10-13,15H2,1H3,(H,31,32);3-8,13,17H,9-12,14H2,1-2H3,(H,27,28). The van der Waals surface area contributed by atoms with E-state index in [2.05, 4.69) is 10.3 Å². The number of rotatable bonds is 14. The Morgan fingerprint density at radius 3 is 1.41 bits per heavy atom. The van der Waals surface area contributed by atoms with Gasteiger partial charge in [-0.05, 0) is 209 Å². The summed E-state index contributed by atoms with van der Waals surface area (Å²) in [5.41, 5.74) is 10.5. The molecule has 4 aromatic heterocycles. The maximum atomic E-state index is 14.1. The van der Waals surface area contributed by atoms with Crippen molar-refractivity contribution in [2.45, 2.75) is 127 Å². The van der Waals surface area contributed by atoms with Crippen LogP contribution in [0.4, 0.5) is 13.2 Å². The number of carboxylic acids is 3. The lowest BCUT2D eigenvalue weighted by molar-refractivity contribution is -0.138. The van der Waals surface area contributed by atoms with Crippen molar-refractivity contribution in [1.82, 2.24) is 33.2 Å². The number of nitrogens with one attached hydrogen (secondary N) is 1. The highest BCUT2D eigenvalue weighted by atomic mass is 32.2. The largest absolute Gasteiger partial charge is 0.480 e. The highest BCUT2D eigenvalue weighted by Crippen LogP contribution is 2.43. The molecule has 6 heterocycles. The summed E-state index contributed by atoms with van der Waals surface area (Å²) in [4.78, 5) is 66.9. The minimum atomic E-state index is -3.56. The molecule has 2 amide bonds. The van der Waals surface area contributed by atoms with E-state index in [-0.39, 0.29) is 77.6 Å². The van der Waals surface area contributed by atoms with Gasteiger partial charge in [-0.25, -0.2) is 26.6 Å². The SMILES string of the molecule is Cc1c(C2CCC(NC(=O)c3cccc4ccccc34)CC2)c2cc(F)ccc2n1CC(=O)O.Cc1c(C2CCN(C(=O)c3ccc4ccccc4n3)CC2)c2cc(F)ccc2n1CC(=O)O.Cc1ccc(S(=O)(=O)N2CCC(c3c(C)n(CC(=O)O)c4ccc(F)cc34)CC2)cc1. The quantitative estimate of drug-likeness (QED) is 0.0801. The van der Waals surface area contributed by atoms with Crippen LogP contribution in [0.1, 0.15) is 129 Å². The highest BCUT2D eigenvalue weighted by molar-refractivity contribution is 7.89. The molecule has 98 heavy (non-hydrogen) atoms. The van der Waals surface area contributed by atoms with Gasteiger partial charge in [-0.3, -0.25) is 24.0 Å². The van der Waals surface area contributed by atoms with Gasteiger partial charge >= 0.3 is 17.9 Å². The Labute approximate surface area is 564 Å². The summed E-state index contributed by atoms with van der Waals surface area (Å²) in [7, 11) is -3.56. The molecule has 0 spiro atoms. The first-order valence-corrected chi connectivity index (χ1v) is 34.5. The number of amides is 2. The molecule has 7 aromatic carbocycles. The summed E-state index contributed by atoms with van der Waals surface area (Å²) in [5.74, 6) is -3.65. The number of hydrogen-bond donors (Lipinski definition) is 4. The lowest BCUT2D eigenvalue weighted by Gasteiger charge is -2.32. The number of likely N-dealkylation sites (tertiary alicyclic amines) is 1. The fourth-order valence-electron chi connectivity index (χ4n) is 15.2. The van der Waals surface area contributed by atoms with E-state index in [1.807, 2.05) is 105 Å². The number of benzene rings is 7. The number of carboxylic acid groups (broad SMARTS) is 3. The monoisotopic (exact) mass is 1350 g/mol. The van der Waals surface area contributed by atoms with E-state index < -0.39 is 27.9 Å². The number of carbonyl (C=O) groups is 5.